The first-order valence-corrected chi connectivity index (χ1v) is 12.1. The van der Waals surface area contributed by atoms with Crippen LogP contribution in [0.4, 0.5) is 5.69 Å². The van der Waals surface area contributed by atoms with Crippen molar-refractivity contribution < 1.29 is 34.1 Å². The second-order valence-electron chi connectivity index (χ2n) is 8.24. The van der Waals surface area contributed by atoms with E-state index in [-0.39, 0.29) is 30.2 Å². The third-order valence-corrected chi connectivity index (χ3v) is 5.62. The third kappa shape index (κ3) is 8.46. The highest BCUT2D eigenvalue weighted by Crippen LogP contribution is 2.35. The topological polar surface area (TPSA) is 121 Å². The molecule has 2 N–H and O–H groups in total. The van der Waals surface area contributed by atoms with Crippen LogP contribution in [0.5, 0.6) is 23.0 Å². The summed E-state index contributed by atoms with van der Waals surface area (Å²) < 4.78 is 21.7. The molecule has 0 bridgehead atoms. The summed E-state index contributed by atoms with van der Waals surface area (Å²) in [5.74, 6) is 1.93. The van der Waals surface area contributed by atoms with E-state index < -0.39 is 11.5 Å². The maximum atomic E-state index is 11.0. The average Bonchev–Trinajstić information content (AvgIpc) is 2.99. The number of rotatable bonds is 11. The molecule has 9 heteroatoms. The van der Waals surface area contributed by atoms with Gasteiger partial charge < -0.3 is 29.2 Å². The quantitative estimate of drug-likeness (QED) is 0.193. The minimum Gasteiger partial charge on any atom is -0.493 e. The van der Waals surface area contributed by atoms with Crippen molar-refractivity contribution in [3.8, 4) is 23.0 Å². The molecule has 0 aromatic heterocycles. The van der Waals surface area contributed by atoms with Gasteiger partial charge in [0.15, 0.2) is 23.0 Å². The number of benzene rings is 4. The summed E-state index contributed by atoms with van der Waals surface area (Å²) in [5.41, 5.74) is 2.84. The number of aliphatic hydroxyl groups excluding tert-OH is 2. The summed E-state index contributed by atoms with van der Waals surface area (Å²) in [6.07, 6.45) is 0. The molecule has 0 saturated carbocycles. The van der Waals surface area contributed by atoms with Gasteiger partial charge in [0, 0.05) is 0 Å². The number of ether oxygens (including phenoxy) is 4. The number of aliphatic hydroxyl groups is 2. The molecule has 0 radical (unpaired) electrons. The van der Waals surface area contributed by atoms with Crippen LogP contribution in [0.15, 0.2) is 91.0 Å². The molecule has 0 fully saturated rings. The van der Waals surface area contributed by atoms with Crippen LogP contribution in [0.1, 0.15) is 22.3 Å². The Morgan fingerprint density at radius 1 is 0.641 bits per heavy atom. The van der Waals surface area contributed by atoms with Gasteiger partial charge in [-0.2, -0.15) is 0 Å². The van der Waals surface area contributed by atoms with E-state index in [1.54, 1.807) is 13.2 Å². The van der Waals surface area contributed by atoms with Crippen LogP contribution < -0.4 is 18.9 Å². The number of nitrogens with zero attached hydrogens (tertiary/aromatic N) is 1. The first-order valence-electron chi connectivity index (χ1n) is 12.1. The minimum atomic E-state index is -0.555. The number of methoxy groups -OCH3 is 2. The highest BCUT2D eigenvalue weighted by Gasteiger charge is 2.19. The zero-order chi connectivity index (χ0) is 28.0. The Bertz CT molecular complexity index is 1330. The molecule has 0 saturated heterocycles. The van der Waals surface area contributed by atoms with Gasteiger partial charge in [-0.15, -0.1) is 0 Å². The lowest BCUT2D eigenvalue weighted by Gasteiger charge is -2.12. The fraction of sp³-hybridized carbons (Fsp3) is 0.200. The molecule has 39 heavy (non-hydrogen) atoms. The van der Waals surface area contributed by atoms with Crippen LogP contribution in [0.3, 0.4) is 0 Å². The molecule has 0 aliphatic rings. The van der Waals surface area contributed by atoms with Gasteiger partial charge in [0.25, 0.3) is 5.69 Å². The number of nitro benzene ring substituents is 1. The highest BCUT2D eigenvalue weighted by atomic mass is 16.6. The molecular weight excluding hydrogens is 502 g/mol. The normalized spacial score (nSPS) is 10.2. The molecule has 4 aromatic carbocycles. The van der Waals surface area contributed by atoms with Gasteiger partial charge in [-0.25, -0.2) is 0 Å². The Kier molecular flexibility index (Phi) is 11.1. The summed E-state index contributed by atoms with van der Waals surface area (Å²) in [5, 5.41) is 29.3. The van der Waals surface area contributed by atoms with Crippen LogP contribution in [-0.4, -0.2) is 29.4 Å². The molecule has 4 rings (SSSR count). The lowest BCUT2D eigenvalue weighted by Crippen LogP contribution is -2.01. The monoisotopic (exact) mass is 533 g/mol. The van der Waals surface area contributed by atoms with Crippen molar-refractivity contribution in [2.24, 2.45) is 0 Å². The van der Waals surface area contributed by atoms with E-state index in [4.69, 9.17) is 24.1 Å². The van der Waals surface area contributed by atoms with Crippen molar-refractivity contribution in [1.29, 1.82) is 0 Å². The van der Waals surface area contributed by atoms with Gasteiger partial charge >= 0.3 is 0 Å². The van der Waals surface area contributed by atoms with Crippen LogP contribution in [-0.2, 0) is 26.4 Å². The maximum Gasteiger partial charge on any atom is 0.278 e. The van der Waals surface area contributed by atoms with E-state index in [1.807, 2.05) is 72.8 Å². The molecule has 0 atom stereocenters. The standard InChI is InChI=1S/C15H15NO5.C15H16O3/c1-20-14-7-12(9-17)13(16(18)19)8-15(14)21-10-11-5-3-2-4-6-11;1-17-15-9-13(10-16)7-8-14(15)18-11-12-5-3-2-4-6-12/h2-8,17H,9-10H2,1H3;2-9,16H,10-11H2,1H3. The van der Waals surface area contributed by atoms with Crippen molar-refractivity contribution >= 4 is 5.69 Å². The van der Waals surface area contributed by atoms with Crippen LogP contribution >= 0.6 is 0 Å². The Morgan fingerprint density at radius 2 is 1.18 bits per heavy atom. The fourth-order valence-electron chi connectivity index (χ4n) is 3.56. The molecule has 0 spiro atoms. The molecule has 0 unspecified atom stereocenters. The van der Waals surface area contributed by atoms with Gasteiger partial charge in [0.1, 0.15) is 13.2 Å². The van der Waals surface area contributed by atoms with Gasteiger partial charge in [0.05, 0.1) is 44.0 Å². The third-order valence-electron chi connectivity index (χ3n) is 5.62. The second-order valence-corrected chi connectivity index (χ2v) is 8.24. The summed E-state index contributed by atoms with van der Waals surface area (Å²) in [4.78, 5) is 10.4. The van der Waals surface area contributed by atoms with E-state index in [1.165, 1.54) is 19.2 Å². The number of nitro groups is 1. The van der Waals surface area contributed by atoms with Crippen molar-refractivity contribution in [3.63, 3.8) is 0 Å². The van der Waals surface area contributed by atoms with Gasteiger partial charge in [-0.3, -0.25) is 10.1 Å². The predicted octanol–water partition coefficient (Wildman–Crippen LogP) is 5.44. The second kappa shape index (κ2) is 15.0. The highest BCUT2D eigenvalue weighted by molar-refractivity contribution is 5.54. The largest absolute Gasteiger partial charge is 0.493 e. The van der Waals surface area contributed by atoms with E-state index in [9.17, 15) is 15.2 Å². The van der Waals surface area contributed by atoms with Gasteiger partial charge in [-0.05, 0) is 34.9 Å². The first kappa shape index (κ1) is 29.0. The molecule has 0 aliphatic carbocycles. The van der Waals surface area contributed by atoms with Crippen molar-refractivity contribution in [2.45, 2.75) is 26.4 Å². The Morgan fingerprint density at radius 3 is 1.67 bits per heavy atom. The van der Waals surface area contributed by atoms with Crippen LogP contribution in [0.2, 0.25) is 0 Å². The molecule has 0 heterocycles. The Labute approximate surface area is 226 Å². The van der Waals surface area contributed by atoms with E-state index in [0.29, 0.717) is 23.9 Å². The Balaban J connectivity index is 0.000000218. The van der Waals surface area contributed by atoms with Crippen molar-refractivity contribution in [2.75, 3.05) is 14.2 Å². The zero-order valence-electron chi connectivity index (χ0n) is 21.8. The summed E-state index contributed by atoms with van der Waals surface area (Å²) in [6.45, 7) is 0.323. The smallest absolute Gasteiger partial charge is 0.278 e. The average molecular weight is 534 g/mol. The predicted molar refractivity (Wildman–Crippen MR) is 146 cm³/mol. The first-order chi connectivity index (χ1) is 19.0. The fourth-order valence-corrected chi connectivity index (χ4v) is 3.56. The van der Waals surface area contributed by atoms with Crippen LogP contribution in [0.25, 0.3) is 0 Å². The lowest BCUT2D eigenvalue weighted by molar-refractivity contribution is -0.386. The number of hydrogen-bond donors (Lipinski definition) is 2. The van der Waals surface area contributed by atoms with E-state index >= 15 is 0 Å². The number of hydrogen-bond acceptors (Lipinski definition) is 8. The molecular formula is C30H31NO8. The zero-order valence-corrected chi connectivity index (χ0v) is 21.8. The van der Waals surface area contributed by atoms with E-state index in [0.717, 1.165) is 16.7 Å². The maximum absolute atomic E-state index is 11.0. The Hall–Kier alpha value is -4.60. The van der Waals surface area contributed by atoms with Crippen LogP contribution in [0, 0.1) is 10.1 Å². The lowest BCUT2D eigenvalue weighted by atomic mass is 10.1. The summed E-state index contributed by atoms with van der Waals surface area (Å²) in [6, 6.07) is 27.5. The molecule has 4 aromatic rings. The molecule has 0 amide bonds. The SMILES string of the molecule is COc1cc(CO)c([N+](=O)[O-])cc1OCc1ccccc1.COc1cc(CO)ccc1OCc1ccccc1. The van der Waals surface area contributed by atoms with Crippen molar-refractivity contribution in [3.05, 3.63) is 123 Å². The van der Waals surface area contributed by atoms with Gasteiger partial charge in [0.2, 0.25) is 0 Å². The molecule has 204 valence electrons. The minimum absolute atomic E-state index is 0.00464. The summed E-state index contributed by atoms with van der Waals surface area (Å²) in [7, 11) is 3.03. The molecule has 0 aliphatic heterocycles. The van der Waals surface area contributed by atoms with Crippen molar-refractivity contribution in [1.82, 2.24) is 0 Å². The summed E-state index contributed by atoms with van der Waals surface area (Å²) >= 11 is 0. The van der Waals surface area contributed by atoms with E-state index in [2.05, 4.69) is 0 Å². The molecule has 9 nitrogen and oxygen atoms in total. The van der Waals surface area contributed by atoms with Gasteiger partial charge in [-0.1, -0.05) is 66.7 Å².